The molecule has 0 saturated heterocycles. The van der Waals surface area contributed by atoms with Gasteiger partial charge in [0.05, 0.1) is 41.1 Å². The van der Waals surface area contributed by atoms with E-state index in [0.717, 1.165) is 0 Å². The molecule has 2 aromatic carbocycles. The van der Waals surface area contributed by atoms with Crippen LogP contribution in [0.3, 0.4) is 0 Å². The summed E-state index contributed by atoms with van der Waals surface area (Å²) in [5.74, 6) is 0. The molecule has 0 spiro atoms. The summed E-state index contributed by atoms with van der Waals surface area (Å²) in [6, 6.07) is 11.9. The molecule has 2 aromatic rings. The van der Waals surface area contributed by atoms with Crippen LogP contribution in [-0.2, 0) is 14.5 Å². The molecule has 4 rings (SSSR count). The maximum atomic E-state index is 11.5. The van der Waals surface area contributed by atoms with Crippen LogP contribution in [-0.4, -0.2) is 22.1 Å². The quantitative estimate of drug-likeness (QED) is 0.183. The third-order valence-corrected chi connectivity index (χ3v) is 7.77. The van der Waals surface area contributed by atoms with E-state index in [1.54, 1.807) is 12.1 Å². The normalized spacial score (nSPS) is 27.5. The molecule has 13 heteroatoms. The number of para-hydroxylation sites is 2. The first kappa shape index (κ1) is 27.9. The lowest BCUT2D eigenvalue weighted by Gasteiger charge is -2.34. The van der Waals surface area contributed by atoms with Crippen LogP contribution in [0.1, 0.15) is 11.1 Å². The molecule has 0 fully saturated rings. The molecular formula is C24H14Cl6N2O5. The zero-order valence-corrected chi connectivity index (χ0v) is 22.8. The van der Waals surface area contributed by atoms with Gasteiger partial charge in [-0.2, -0.15) is 0 Å². The minimum atomic E-state index is -1.51. The molecule has 0 N–H and O–H groups in total. The van der Waals surface area contributed by atoms with Gasteiger partial charge in [-0.1, -0.05) is 70.7 Å². The highest BCUT2D eigenvalue weighted by Crippen LogP contribution is 2.49. The van der Waals surface area contributed by atoms with Crippen LogP contribution in [0.25, 0.3) is 0 Å². The molecule has 0 aromatic heterocycles. The SMILES string of the molecule is O=[N+]([O-])c1ccccc1C1(Cl)C=C(Cl)C(OC2C(Cl)=CC(Cl)(c3ccccc3[N+](=O)[O-])C=C2Cl)C(Cl)=C1. The summed E-state index contributed by atoms with van der Waals surface area (Å²) >= 11 is 39.4. The zero-order chi connectivity index (χ0) is 27.1. The number of rotatable bonds is 6. The van der Waals surface area contributed by atoms with Crippen molar-refractivity contribution in [2.75, 3.05) is 0 Å². The second kappa shape index (κ2) is 10.6. The fraction of sp³-hybridized carbons (Fsp3) is 0.167. The molecule has 0 aliphatic heterocycles. The molecule has 7 nitrogen and oxygen atoms in total. The number of hydrogen-bond donors (Lipinski definition) is 0. The van der Waals surface area contributed by atoms with E-state index in [2.05, 4.69) is 0 Å². The topological polar surface area (TPSA) is 95.5 Å². The van der Waals surface area contributed by atoms with Crippen molar-refractivity contribution < 1.29 is 14.6 Å². The minimum Gasteiger partial charge on any atom is -0.352 e. The van der Waals surface area contributed by atoms with Crippen LogP contribution in [0.5, 0.6) is 0 Å². The number of nitrogens with zero attached hydrogens (tertiary/aromatic N) is 2. The third-order valence-electron chi connectivity index (χ3n) is 5.69. The molecule has 0 heterocycles. The van der Waals surface area contributed by atoms with E-state index < -0.39 is 31.8 Å². The van der Waals surface area contributed by atoms with E-state index in [0.29, 0.717) is 0 Å². The van der Waals surface area contributed by atoms with Gasteiger partial charge in [-0.3, -0.25) is 20.2 Å². The maximum Gasteiger partial charge on any atom is 0.275 e. The Balaban J connectivity index is 1.64. The predicted molar refractivity (Wildman–Crippen MR) is 146 cm³/mol. The van der Waals surface area contributed by atoms with E-state index in [9.17, 15) is 20.2 Å². The molecule has 0 amide bonds. The Hall–Kier alpha value is -2.10. The van der Waals surface area contributed by atoms with Crippen LogP contribution < -0.4 is 0 Å². The van der Waals surface area contributed by atoms with Crippen molar-refractivity contribution in [2.24, 2.45) is 0 Å². The Morgan fingerprint density at radius 3 is 1.22 bits per heavy atom. The van der Waals surface area contributed by atoms with Gasteiger partial charge in [0, 0.05) is 12.1 Å². The first-order valence-electron chi connectivity index (χ1n) is 10.4. The zero-order valence-electron chi connectivity index (χ0n) is 18.3. The van der Waals surface area contributed by atoms with Crippen molar-refractivity contribution >= 4 is 81.0 Å². The van der Waals surface area contributed by atoms with Gasteiger partial charge in [-0.25, -0.2) is 0 Å². The van der Waals surface area contributed by atoms with Crippen molar-refractivity contribution in [1.82, 2.24) is 0 Å². The highest BCUT2D eigenvalue weighted by Gasteiger charge is 2.42. The van der Waals surface area contributed by atoms with Gasteiger partial charge in [0.2, 0.25) is 0 Å². The molecule has 192 valence electrons. The molecule has 0 unspecified atom stereocenters. The van der Waals surface area contributed by atoms with Crippen LogP contribution in [0.4, 0.5) is 11.4 Å². The predicted octanol–water partition coefficient (Wildman–Crippen LogP) is 8.34. The number of ether oxygens (including phenoxy) is 1. The number of nitro groups is 2. The molecule has 37 heavy (non-hydrogen) atoms. The monoisotopic (exact) mass is 620 g/mol. The standard InChI is InChI=1S/C24H14Cl6N2O5/c25-15-9-23(29,13-5-1-3-7-19(13)31(33)34)10-16(26)21(15)37-22-17(27)11-24(30,12-18(22)28)14-6-2-4-8-20(14)32(35)36/h1-12,21-22H. The average Bonchev–Trinajstić information content (AvgIpc) is 2.82. The Morgan fingerprint density at radius 1 is 0.622 bits per heavy atom. The van der Waals surface area contributed by atoms with E-state index in [-0.39, 0.29) is 42.6 Å². The Bertz CT molecular complexity index is 1270. The average molecular weight is 623 g/mol. The van der Waals surface area contributed by atoms with E-state index in [1.807, 2.05) is 0 Å². The fourth-order valence-electron chi connectivity index (χ4n) is 4.07. The number of alkyl halides is 2. The van der Waals surface area contributed by atoms with Crippen LogP contribution in [0, 0.1) is 20.2 Å². The summed E-state index contributed by atoms with van der Waals surface area (Å²) in [4.78, 5) is 18.9. The number of nitro benzene ring substituents is 2. The van der Waals surface area contributed by atoms with Gasteiger partial charge in [0.25, 0.3) is 11.4 Å². The van der Waals surface area contributed by atoms with Crippen molar-refractivity contribution in [1.29, 1.82) is 0 Å². The number of benzene rings is 2. The first-order valence-corrected chi connectivity index (χ1v) is 12.7. The molecule has 0 saturated carbocycles. The van der Waals surface area contributed by atoms with Gasteiger partial charge in [0.15, 0.2) is 0 Å². The van der Waals surface area contributed by atoms with Gasteiger partial charge in [-0.15, -0.1) is 23.2 Å². The molecule has 0 atom stereocenters. The van der Waals surface area contributed by atoms with Gasteiger partial charge in [0.1, 0.15) is 22.0 Å². The lowest BCUT2D eigenvalue weighted by atomic mass is 9.90. The van der Waals surface area contributed by atoms with Gasteiger partial charge >= 0.3 is 0 Å². The van der Waals surface area contributed by atoms with Crippen molar-refractivity contribution in [3.8, 4) is 0 Å². The van der Waals surface area contributed by atoms with E-state index in [1.165, 1.54) is 60.7 Å². The van der Waals surface area contributed by atoms with E-state index >= 15 is 0 Å². The summed E-state index contributed by atoms with van der Waals surface area (Å²) in [5, 5.41) is 23.2. The summed E-state index contributed by atoms with van der Waals surface area (Å²) in [6.07, 6.45) is 3.42. The molecule has 2 aliphatic carbocycles. The Labute approximate surface area is 240 Å². The van der Waals surface area contributed by atoms with Gasteiger partial charge < -0.3 is 4.74 Å². The highest BCUT2D eigenvalue weighted by molar-refractivity contribution is 6.39. The molecular weight excluding hydrogens is 609 g/mol. The van der Waals surface area contributed by atoms with Gasteiger partial charge in [-0.05, 0) is 36.4 Å². The molecule has 2 aliphatic rings. The molecule has 0 radical (unpaired) electrons. The summed E-state index contributed by atoms with van der Waals surface area (Å²) in [7, 11) is 0. The third kappa shape index (κ3) is 5.40. The second-order valence-corrected chi connectivity index (χ2v) is 11.1. The van der Waals surface area contributed by atoms with Crippen LogP contribution >= 0.6 is 69.6 Å². The largest absolute Gasteiger partial charge is 0.352 e. The molecule has 0 bridgehead atoms. The van der Waals surface area contributed by atoms with Crippen molar-refractivity contribution in [3.05, 3.63) is 124 Å². The second-order valence-electron chi connectivity index (χ2n) is 8.10. The highest BCUT2D eigenvalue weighted by atomic mass is 35.5. The Kier molecular flexibility index (Phi) is 7.98. The van der Waals surface area contributed by atoms with Crippen molar-refractivity contribution in [2.45, 2.75) is 22.0 Å². The first-order chi connectivity index (χ1) is 17.4. The lowest BCUT2D eigenvalue weighted by molar-refractivity contribution is -0.385. The fourth-order valence-corrected chi connectivity index (χ4v) is 6.56. The lowest BCUT2D eigenvalue weighted by Crippen LogP contribution is -2.32. The summed E-state index contributed by atoms with van der Waals surface area (Å²) < 4.78 is 6.01. The van der Waals surface area contributed by atoms with Crippen LogP contribution in [0.2, 0.25) is 0 Å². The number of allylic oxidation sites excluding steroid dienone is 4. The smallest absolute Gasteiger partial charge is 0.275 e. The Morgan fingerprint density at radius 2 is 0.919 bits per heavy atom. The minimum absolute atomic E-state index is 0.0380. The maximum absolute atomic E-state index is 11.5. The van der Waals surface area contributed by atoms with Crippen molar-refractivity contribution in [3.63, 3.8) is 0 Å². The number of halogens is 6. The van der Waals surface area contributed by atoms with E-state index in [4.69, 9.17) is 74.3 Å². The summed E-state index contributed by atoms with van der Waals surface area (Å²) in [6.45, 7) is 0. The summed E-state index contributed by atoms with van der Waals surface area (Å²) in [5.41, 5.74) is -0.0883. The van der Waals surface area contributed by atoms with Crippen LogP contribution in [0.15, 0.2) is 93.0 Å². The number of hydrogen-bond acceptors (Lipinski definition) is 5.